The van der Waals surface area contributed by atoms with Crippen LogP contribution >= 0.6 is 0 Å². The van der Waals surface area contributed by atoms with Crippen LogP contribution in [0, 0.1) is 0 Å². The summed E-state index contributed by atoms with van der Waals surface area (Å²) in [5.41, 5.74) is 8.59. The van der Waals surface area contributed by atoms with Crippen LogP contribution in [0.1, 0.15) is 32.2 Å². The molecule has 1 fully saturated rings. The minimum atomic E-state index is 0. The normalized spacial score (nSPS) is 18.9. The van der Waals surface area contributed by atoms with Crippen molar-refractivity contribution in [2.24, 2.45) is 5.73 Å². The number of allylic oxidation sites excluding steroid dienone is 4. The number of piperidine rings is 1. The summed E-state index contributed by atoms with van der Waals surface area (Å²) in [5.74, 6) is 0.382. The van der Waals surface area contributed by atoms with Crippen LogP contribution < -0.4 is 5.73 Å². The average molecular weight is 298 g/mol. The van der Waals surface area contributed by atoms with Crippen molar-refractivity contribution in [3.8, 4) is 0 Å². The van der Waals surface area contributed by atoms with Gasteiger partial charge in [0.05, 0.1) is 0 Å². The van der Waals surface area contributed by atoms with E-state index in [0.717, 1.165) is 38.9 Å². The Hall–Kier alpha value is -1.64. The highest BCUT2D eigenvalue weighted by Crippen LogP contribution is 2.29. The van der Waals surface area contributed by atoms with E-state index in [1.165, 1.54) is 11.1 Å². The molecule has 1 atom stereocenters. The Kier molecular flexibility index (Phi) is 6.63. The second-order valence-corrected chi connectivity index (χ2v) is 6.04. The van der Waals surface area contributed by atoms with Gasteiger partial charge in [-0.25, -0.2) is 0 Å². The molecule has 2 nitrogen and oxygen atoms in total. The third kappa shape index (κ3) is 4.69. The Morgan fingerprint density at radius 1 is 1.27 bits per heavy atom. The molecule has 2 heteroatoms. The van der Waals surface area contributed by atoms with Gasteiger partial charge in [0.2, 0.25) is 0 Å². The van der Waals surface area contributed by atoms with Crippen LogP contribution in [0.4, 0.5) is 0 Å². The minimum absolute atomic E-state index is 0. The number of nitrogens with zero attached hydrogens (tertiary/aromatic N) is 1. The standard InChI is InChI=1S/C20H28N2.H2/c1-3-8-17(4-2)20(18-9-6-5-7-10-18)13-16-22-14-11-19(21)12-15-22;/h3-10,19-20H,1-2,11-16,21H2;1H/b17-8+;. The number of hydrogen-bond donors (Lipinski definition) is 1. The zero-order valence-corrected chi connectivity index (χ0v) is 13.5. The smallest absolute Gasteiger partial charge is 0.0101 e. The van der Waals surface area contributed by atoms with E-state index in [1.54, 1.807) is 0 Å². The lowest BCUT2D eigenvalue weighted by atomic mass is 9.87. The molecule has 0 bridgehead atoms. The van der Waals surface area contributed by atoms with Crippen molar-refractivity contribution in [3.05, 3.63) is 72.9 Å². The quantitative estimate of drug-likeness (QED) is 0.767. The summed E-state index contributed by atoms with van der Waals surface area (Å²) in [6, 6.07) is 11.1. The predicted molar refractivity (Wildman–Crippen MR) is 98.0 cm³/mol. The van der Waals surface area contributed by atoms with Gasteiger partial charge in [-0.05, 0) is 50.0 Å². The van der Waals surface area contributed by atoms with E-state index in [1.807, 2.05) is 12.2 Å². The summed E-state index contributed by atoms with van der Waals surface area (Å²) in [5, 5.41) is 0. The second kappa shape index (κ2) is 8.72. The molecular formula is C20H30N2. The largest absolute Gasteiger partial charge is 0.328 e. The molecule has 1 aromatic rings. The summed E-state index contributed by atoms with van der Waals surface area (Å²) >= 11 is 0. The van der Waals surface area contributed by atoms with Gasteiger partial charge in [-0.3, -0.25) is 0 Å². The highest BCUT2D eigenvalue weighted by Gasteiger charge is 2.19. The molecule has 1 unspecified atom stereocenters. The Bertz CT molecular complexity index is 502. The summed E-state index contributed by atoms with van der Waals surface area (Å²) in [6.45, 7) is 11.2. The van der Waals surface area contributed by atoms with E-state index >= 15 is 0 Å². The van der Waals surface area contributed by atoms with Gasteiger partial charge < -0.3 is 10.6 Å². The first-order valence-corrected chi connectivity index (χ1v) is 8.22. The van der Waals surface area contributed by atoms with E-state index in [4.69, 9.17) is 5.73 Å². The molecule has 2 N–H and O–H groups in total. The third-order valence-corrected chi connectivity index (χ3v) is 4.52. The molecule has 1 aromatic carbocycles. The fourth-order valence-corrected chi connectivity index (χ4v) is 3.16. The molecular weight excluding hydrogens is 268 g/mol. The molecule has 0 spiro atoms. The van der Waals surface area contributed by atoms with Crippen molar-refractivity contribution in [2.75, 3.05) is 19.6 Å². The summed E-state index contributed by atoms with van der Waals surface area (Å²) in [7, 11) is 0. The lowest BCUT2D eigenvalue weighted by Gasteiger charge is -2.31. The summed E-state index contributed by atoms with van der Waals surface area (Å²) in [4.78, 5) is 2.54. The maximum atomic E-state index is 5.99. The number of benzene rings is 1. The van der Waals surface area contributed by atoms with Crippen molar-refractivity contribution in [1.29, 1.82) is 0 Å². The van der Waals surface area contributed by atoms with Crippen molar-refractivity contribution in [3.63, 3.8) is 0 Å². The Morgan fingerprint density at radius 3 is 2.55 bits per heavy atom. The molecule has 1 aliphatic heterocycles. The fraction of sp³-hybridized carbons (Fsp3) is 0.400. The summed E-state index contributed by atoms with van der Waals surface area (Å²) < 4.78 is 0. The van der Waals surface area contributed by atoms with Gasteiger partial charge in [0.1, 0.15) is 0 Å². The lowest BCUT2D eigenvalue weighted by molar-refractivity contribution is 0.208. The van der Waals surface area contributed by atoms with Crippen molar-refractivity contribution in [1.82, 2.24) is 4.90 Å². The average Bonchev–Trinajstić information content (AvgIpc) is 2.56. The fourth-order valence-electron chi connectivity index (χ4n) is 3.16. The molecule has 1 saturated heterocycles. The minimum Gasteiger partial charge on any atom is -0.328 e. The van der Waals surface area contributed by atoms with Crippen LogP contribution in [-0.2, 0) is 0 Å². The number of hydrogen-bond acceptors (Lipinski definition) is 2. The molecule has 2 rings (SSSR count). The topological polar surface area (TPSA) is 29.3 Å². The summed E-state index contributed by atoms with van der Waals surface area (Å²) in [6.07, 6.45) is 9.24. The Balaban J connectivity index is 0.00000264. The van der Waals surface area contributed by atoms with Crippen molar-refractivity contribution in [2.45, 2.75) is 31.2 Å². The first-order chi connectivity index (χ1) is 10.7. The van der Waals surface area contributed by atoms with Crippen LogP contribution in [0.5, 0.6) is 0 Å². The maximum Gasteiger partial charge on any atom is 0.0101 e. The molecule has 1 heterocycles. The number of nitrogens with two attached hydrogens (primary N) is 1. The maximum absolute atomic E-state index is 5.99. The van der Waals surface area contributed by atoms with Crippen LogP contribution in [0.2, 0.25) is 0 Å². The van der Waals surface area contributed by atoms with Gasteiger partial charge in [-0.15, -0.1) is 0 Å². The molecule has 0 radical (unpaired) electrons. The zero-order chi connectivity index (χ0) is 15.8. The van der Waals surface area contributed by atoms with Crippen molar-refractivity contribution < 1.29 is 1.43 Å². The van der Waals surface area contributed by atoms with Crippen LogP contribution in [0.15, 0.2) is 67.3 Å². The molecule has 0 saturated carbocycles. The Labute approximate surface area is 136 Å². The number of likely N-dealkylation sites (tertiary alicyclic amines) is 1. The van der Waals surface area contributed by atoms with E-state index in [-0.39, 0.29) is 1.43 Å². The van der Waals surface area contributed by atoms with Crippen LogP contribution in [-0.4, -0.2) is 30.6 Å². The first-order valence-electron chi connectivity index (χ1n) is 8.22. The van der Waals surface area contributed by atoms with Gasteiger partial charge in [0.15, 0.2) is 0 Å². The van der Waals surface area contributed by atoms with Crippen LogP contribution in [0.25, 0.3) is 0 Å². The first kappa shape index (κ1) is 16.7. The molecule has 22 heavy (non-hydrogen) atoms. The van der Waals surface area contributed by atoms with Gasteiger partial charge in [0.25, 0.3) is 0 Å². The molecule has 0 aromatic heterocycles. The highest BCUT2D eigenvalue weighted by atomic mass is 15.1. The lowest BCUT2D eigenvalue weighted by Crippen LogP contribution is -2.40. The predicted octanol–water partition coefficient (Wildman–Crippen LogP) is 4.13. The van der Waals surface area contributed by atoms with Crippen LogP contribution in [0.3, 0.4) is 0 Å². The van der Waals surface area contributed by atoms with Gasteiger partial charge in [0, 0.05) is 13.4 Å². The van der Waals surface area contributed by atoms with Gasteiger partial charge in [-0.2, -0.15) is 0 Å². The number of rotatable bonds is 7. The van der Waals surface area contributed by atoms with E-state index < -0.39 is 0 Å². The third-order valence-electron chi connectivity index (χ3n) is 4.52. The Morgan fingerprint density at radius 2 is 1.95 bits per heavy atom. The second-order valence-electron chi connectivity index (χ2n) is 6.04. The SMILES string of the molecule is C=C/C=C(\C=C)C(CCN1CCC(N)CC1)c1ccccc1.[HH]. The van der Waals surface area contributed by atoms with E-state index in [9.17, 15) is 0 Å². The molecule has 1 aliphatic rings. The van der Waals surface area contributed by atoms with E-state index in [0.29, 0.717) is 12.0 Å². The van der Waals surface area contributed by atoms with E-state index in [2.05, 4.69) is 54.5 Å². The molecule has 0 aliphatic carbocycles. The van der Waals surface area contributed by atoms with Gasteiger partial charge in [-0.1, -0.05) is 61.7 Å². The monoisotopic (exact) mass is 298 g/mol. The molecule has 0 amide bonds. The van der Waals surface area contributed by atoms with Crippen molar-refractivity contribution >= 4 is 0 Å². The zero-order valence-electron chi connectivity index (χ0n) is 13.5. The highest BCUT2D eigenvalue weighted by molar-refractivity contribution is 5.36. The van der Waals surface area contributed by atoms with Gasteiger partial charge >= 0.3 is 0 Å². The molecule has 120 valence electrons.